The average Bonchev–Trinajstić information content (AvgIpc) is 2.82. The number of aliphatic hydroxyl groups excluding tert-OH is 1. The predicted octanol–water partition coefficient (Wildman–Crippen LogP) is 2.43. The van der Waals surface area contributed by atoms with E-state index in [0.29, 0.717) is 6.42 Å². The van der Waals surface area contributed by atoms with Gasteiger partial charge in [0.15, 0.2) is 0 Å². The summed E-state index contributed by atoms with van der Waals surface area (Å²) in [6.45, 7) is 2.17. The zero-order valence-electron chi connectivity index (χ0n) is 11.7. The molecule has 2 atom stereocenters. The molecule has 0 spiro atoms. The summed E-state index contributed by atoms with van der Waals surface area (Å²) in [6.07, 6.45) is 8.96. The third-order valence-corrected chi connectivity index (χ3v) is 4.54. The van der Waals surface area contributed by atoms with E-state index in [4.69, 9.17) is 5.11 Å². The lowest BCUT2D eigenvalue weighted by Gasteiger charge is -2.21. The molecule has 1 aliphatic carbocycles. The quantitative estimate of drug-likeness (QED) is 0.714. The molecule has 0 aromatic carbocycles. The van der Waals surface area contributed by atoms with Crippen LogP contribution < -0.4 is 5.32 Å². The van der Waals surface area contributed by atoms with Crippen molar-refractivity contribution < 1.29 is 9.90 Å². The van der Waals surface area contributed by atoms with Gasteiger partial charge < -0.3 is 10.4 Å². The van der Waals surface area contributed by atoms with Gasteiger partial charge in [-0.2, -0.15) is 11.8 Å². The molecule has 0 aromatic heterocycles. The molecule has 1 fully saturated rings. The predicted molar refractivity (Wildman–Crippen MR) is 77.8 cm³/mol. The smallest absolute Gasteiger partial charge is 0.223 e. The first-order chi connectivity index (χ1) is 8.67. The van der Waals surface area contributed by atoms with Crippen molar-refractivity contribution in [3.05, 3.63) is 0 Å². The van der Waals surface area contributed by atoms with Gasteiger partial charge in [-0.3, -0.25) is 4.79 Å². The Balaban J connectivity index is 2.31. The summed E-state index contributed by atoms with van der Waals surface area (Å²) in [5.41, 5.74) is 0. The van der Waals surface area contributed by atoms with Crippen LogP contribution in [-0.4, -0.2) is 35.7 Å². The minimum Gasteiger partial charge on any atom is -0.396 e. The van der Waals surface area contributed by atoms with Crippen molar-refractivity contribution in [2.24, 2.45) is 11.8 Å². The van der Waals surface area contributed by atoms with Crippen LogP contribution in [0.1, 0.15) is 45.4 Å². The highest BCUT2D eigenvalue weighted by molar-refractivity contribution is 7.98. The molecule has 1 amide bonds. The SMILES string of the molecule is CSCC(CCO)NC(=O)C(C)CC1CCCC1. The van der Waals surface area contributed by atoms with E-state index in [1.807, 2.05) is 13.2 Å². The Labute approximate surface area is 115 Å². The van der Waals surface area contributed by atoms with Gasteiger partial charge in [-0.15, -0.1) is 0 Å². The largest absolute Gasteiger partial charge is 0.396 e. The minimum atomic E-state index is 0.108. The van der Waals surface area contributed by atoms with Crippen molar-refractivity contribution in [2.75, 3.05) is 18.6 Å². The Morgan fingerprint density at radius 1 is 1.44 bits per heavy atom. The van der Waals surface area contributed by atoms with Crippen LogP contribution >= 0.6 is 11.8 Å². The first-order valence-electron chi connectivity index (χ1n) is 7.07. The zero-order valence-corrected chi connectivity index (χ0v) is 12.5. The molecule has 1 saturated carbocycles. The van der Waals surface area contributed by atoms with Crippen LogP contribution in [0, 0.1) is 11.8 Å². The fourth-order valence-electron chi connectivity index (χ4n) is 2.75. The minimum absolute atomic E-state index is 0.108. The molecule has 4 heteroatoms. The van der Waals surface area contributed by atoms with E-state index in [1.54, 1.807) is 11.8 Å². The fourth-order valence-corrected chi connectivity index (χ4v) is 3.40. The molecule has 0 saturated heterocycles. The van der Waals surface area contributed by atoms with Gasteiger partial charge in [0.25, 0.3) is 0 Å². The van der Waals surface area contributed by atoms with Crippen molar-refractivity contribution in [1.82, 2.24) is 5.32 Å². The molecule has 2 N–H and O–H groups in total. The highest BCUT2D eigenvalue weighted by Gasteiger charge is 2.23. The maximum Gasteiger partial charge on any atom is 0.223 e. The lowest BCUT2D eigenvalue weighted by Crippen LogP contribution is -2.40. The molecule has 3 nitrogen and oxygen atoms in total. The van der Waals surface area contributed by atoms with E-state index in [-0.39, 0.29) is 24.5 Å². The Hall–Kier alpha value is -0.220. The Kier molecular flexibility index (Phi) is 7.75. The third-order valence-electron chi connectivity index (χ3n) is 3.80. The van der Waals surface area contributed by atoms with Crippen LogP contribution in [0.3, 0.4) is 0 Å². The molecule has 0 aromatic rings. The number of aliphatic hydroxyl groups is 1. The van der Waals surface area contributed by atoms with Crippen molar-refractivity contribution in [2.45, 2.75) is 51.5 Å². The lowest BCUT2D eigenvalue weighted by atomic mass is 9.94. The van der Waals surface area contributed by atoms with Gasteiger partial charge in [-0.25, -0.2) is 0 Å². The normalized spacial score (nSPS) is 19.7. The number of rotatable bonds is 8. The maximum atomic E-state index is 12.1. The van der Waals surface area contributed by atoms with E-state index >= 15 is 0 Å². The third kappa shape index (κ3) is 5.61. The van der Waals surface area contributed by atoms with Gasteiger partial charge in [-0.05, 0) is 25.0 Å². The van der Waals surface area contributed by atoms with Gasteiger partial charge in [0.1, 0.15) is 0 Å². The summed E-state index contributed by atoms with van der Waals surface area (Å²) in [7, 11) is 0. The Bertz CT molecular complexity index is 236. The van der Waals surface area contributed by atoms with Crippen LogP contribution in [0.5, 0.6) is 0 Å². The second kappa shape index (κ2) is 8.81. The van der Waals surface area contributed by atoms with E-state index < -0.39 is 0 Å². The molecule has 1 aliphatic rings. The van der Waals surface area contributed by atoms with Crippen LogP contribution in [0.15, 0.2) is 0 Å². The molecule has 0 heterocycles. The molecule has 106 valence electrons. The lowest BCUT2D eigenvalue weighted by molar-refractivity contribution is -0.125. The number of thioether (sulfide) groups is 1. The number of hydrogen-bond donors (Lipinski definition) is 2. The topological polar surface area (TPSA) is 49.3 Å². The molecule has 0 bridgehead atoms. The fraction of sp³-hybridized carbons (Fsp3) is 0.929. The molecule has 2 unspecified atom stereocenters. The summed E-state index contributed by atoms with van der Waals surface area (Å²) in [4.78, 5) is 12.1. The first kappa shape index (κ1) is 15.8. The van der Waals surface area contributed by atoms with E-state index in [0.717, 1.165) is 18.1 Å². The van der Waals surface area contributed by atoms with Crippen molar-refractivity contribution >= 4 is 17.7 Å². The van der Waals surface area contributed by atoms with E-state index in [1.165, 1.54) is 25.7 Å². The maximum absolute atomic E-state index is 12.1. The van der Waals surface area contributed by atoms with Crippen LogP contribution in [0.4, 0.5) is 0 Å². The molecule has 0 aliphatic heterocycles. The van der Waals surface area contributed by atoms with Gasteiger partial charge in [0, 0.05) is 24.3 Å². The summed E-state index contributed by atoms with van der Waals surface area (Å²) in [5, 5.41) is 12.1. The standard InChI is InChI=1S/C14H27NO2S/c1-11(9-12-5-3-4-6-12)14(17)15-13(7-8-16)10-18-2/h11-13,16H,3-10H2,1-2H3,(H,15,17). The number of carbonyl (C=O) groups is 1. The van der Waals surface area contributed by atoms with E-state index in [2.05, 4.69) is 5.32 Å². The average molecular weight is 273 g/mol. The van der Waals surface area contributed by atoms with Gasteiger partial charge in [0.2, 0.25) is 5.91 Å². The summed E-state index contributed by atoms with van der Waals surface area (Å²) in [5.74, 6) is 1.90. The molecule has 1 rings (SSSR count). The second-order valence-electron chi connectivity index (χ2n) is 5.46. The Morgan fingerprint density at radius 3 is 2.67 bits per heavy atom. The second-order valence-corrected chi connectivity index (χ2v) is 6.37. The van der Waals surface area contributed by atoms with Crippen molar-refractivity contribution in [3.63, 3.8) is 0 Å². The Morgan fingerprint density at radius 2 is 2.11 bits per heavy atom. The van der Waals surface area contributed by atoms with Crippen LogP contribution in [-0.2, 0) is 4.79 Å². The van der Waals surface area contributed by atoms with Crippen LogP contribution in [0.2, 0.25) is 0 Å². The number of hydrogen-bond acceptors (Lipinski definition) is 3. The van der Waals surface area contributed by atoms with Gasteiger partial charge in [0.05, 0.1) is 0 Å². The monoisotopic (exact) mass is 273 g/mol. The number of carbonyl (C=O) groups excluding carboxylic acids is 1. The highest BCUT2D eigenvalue weighted by Crippen LogP contribution is 2.30. The van der Waals surface area contributed by atoms with Gasteiger partial charge >= 0.3 is 0 Å². The molecule has 0 radical (unpaired) electrons. The molecular weight excluding hydrogens is 246 g/mol. The van der Waals surface area contributed by atoms with Crippen molar-refractivity contribution in [3.8, 4) is 0 Å². The first-order valence-corrected chi connectivity index (χ1v) is 8.47. The number of amides is 1. The number of nitrogens with one attached hydrogen (secondary N) is 1. The van der Waals surface area contributed by atoms with Crippen molar-refractivity contribution in [1.29, 1.82) is 0 Å². The van der Waals surface area contributed by atoms with Crippen LogP contribution in [0.25, 0.3) is 0 Å². The molecule has 18 heavy (non-hydrogen) atoms. The molecular formula is C14H27NO2S. The highest BCUT2D eigenvalue weighted by atomic mass is 32.2. The van der Waals surface area contributed by atoms with E-state index in [9.17, 15) is 4.79 Å². The summed E-state index contributed by atoms with van der Waals surface area (Å²) < 4.78 is 0. The zero-order chi connectivity index (χ0) is 13.4. The summed E-state index contributed by atoms with van der Waals surface area (Å²) >= 11 is 1.71. The van der Waals surface area contributed by atoms with Gasteiger partial charge in [-0.1, -0.05) is 32.6 Å². The summed E-state index contributed by atoms with van der Waals surface area (Å²) in [6, 6.07) is 0.114.